The van der Waals surface area contributed by atoms with E-state index >= 15 is 0 Å². The molecule has 2 N–H and O–H groups in total. The Morgan fingerprint density at radius 2 is 1.53 bits per heavy atom. The minimum Gasteiger partial charge on any atom is -0.497 e. The second kappa shape index (κ2) is 9.32. The van der Waals surface area contributed by atoms with Crippen LogP contribution in [-0.4, -0.2) is 28.0 Å². The molecule has 0 bridgehead atoms. The number of hydrogen-bond acceptors (Lipinski definition) is 5. The molecule has 8 heteroatoms. The van der Waals surface area contributed by atoms with E-state index in [9.17, 15) is 13.2 Å². The lowest BCUT2D eigenvalue weighted by atomic mass is 10.2. The number of carbonyl (C=O) groups excluding carboxylic acids is 1. The summed E-state index contributed by atoms with van der Waals surface area (Å²) in [6.45, 7) is 1.75. The maximum atomic E-state index is 12.5. The smallest absolute Gasteiger partial charge is 0.262 e. The first-order valence-corrected chi connectivity index (χ1v) is 10.6. The number of ether oxygens (including phenoxy) is 2. The summed E-state index contributed by atoms with van der Waals surface area (Å²) < 4.78 is 38.1. The number of sulfonamides is 1. The molecule has 0 aliphatic rings. The molecule has 0 saturated carbocycles. The standard InChI is InChI=1S/C22H22N2O5S/c1-16-5-3-4-6-21(16)29-15-22(25)23-17-9-13-20(14-10-17)30(26,27)24-18-7-11-19(28-2)12-8-18/h3-14,24H,15H2,1-2H3,(H,23,25). The van der Waals surface area contributed by atoms with Crippen molar-refractivity contribution in [1.29, 1.82) is 0 Å². The predicted octanol–water partition coefficient (Wildman–Crippen LogP) is 3.82. The van der Waals surface area contributed by atoms with Gasteiger partial charge in [-0.2, -0.15) is 0 Å². The van der Waals surface area contributed by atoms with E-state index in [1.54, 1.807) is 30.3 Å². The monoisotopic (exact) mass is 426 g/mol. The molecule has 156 valence electrons. The molecule has 0 spiro atoms. The minimum absolute atomic E-state index is 0.0764. The molecule has 3 aromatic carbocycles. The fraction of sp³-hybridized carbons (Fsp3) is 0.136. The Morgan fingerprint density at radius 3 is 2.17 bits per heavy atom. The van der Waals surface area contributed by atoms with E-state index < -0.39 is 10.0 Å². The first kappa shape index (κ1) is 21.2. The first-order valence-electron chi connectivity index (χ1n) is 9.12. The van der Waals surface area contributed by atoms with Gasteiger partial charge < -0.3 is 14.8 Å². The van der Waals surface area contributed by atoms with E-state index in [1.807, 2.05) is 25.1 Å². The lowest BCUT2D eigenvalue weighted by Gasteiger charge is -2.11. The molecular formula is C22H22N2O5S. The third kappa shape index (κ3) is 5.51. The van der Waals surface area contributed by atoms with Crippen molar-refractivity contribution >= 4 is 27.3 Å². The summed E-state index contributed by atoms with van der Waals surface area (Å²) in [6.07, 6.45) is 0. The summed E-state index contributed by atoms with van der Waals surface area (Å²) in [4.78, 5) is 12.2. The summed E-state index contributed by atoms with van der Waals surface area (Å²) in [7, 11) is -2.22. The second-order valence-electron chi connectivity index (χ2n) is 6.46. The first-order chi connectivity index (χ1) is 14.4. The molecule has 0 atom stereocenters. The maximum Gasteiger partial charge on any atom is 0.262 e. The Morgan fingerprint density at radius 1 is 0.900 bits per heavy atom. The van der Waals surface area contributed by atoms with Gasteiger partial charge in [-0.15, -0.1) is 0 Å². The lowest BCUT2D eigenvalue weighted by molar-refractivity contribution is -0.118. The summed E-state index contributed by atoms with van der Waals surface area (Å²) in [5.41, 5.74) is 1.82. The van der Waals surface area contributed by atoms with E-state index in [4.69, 9.17) is 9.47 Å². The number of aryl methyl sites for hydroxylation is 1. The fourth-order valence-corrected chi connectivity index (χ4v) is 3.71. The van der Waals surface area contributed by atoms with Crippen LogP contribution in [0.15, 0.2) is 77.7 Å². The van der Waals surface area contributed by atoms with Crippen LogP contribution in [0.4, 0.5) is 11.4 Å². The number of rotatable bonds is 8. The van der Waals surface area contributed by atoms with Crippen molar-refractivity contribution in [2.75, 3.05) is 23.8 Å². The Kier molecular flexibility index (Phi) is 6.58. The Bertz CT molecular complexity index is 1110. The Labute approximate surface area is 175 Å². The highest BCUT2D eigenvalue weighted by atomic mass is 32.2. The van der Waals surface area contributed by atoms with Gasteiger partial charge >= 0.3 is 0 Å². The van der Waals surface area contributed by atoms with Crippen molar-refractivity contribution in [3.8, 4) is 11.5 Å². The molecule has 7 nitrogen and oxygen atoms in total. The van der Waals surface area contributed by atoms with Crippen LogP contribution in [0.1, 0.15) is 5.56 Å². The zero-order chi connectivity index (χ0) is 21.6. The number of amides is 1. The Hall–Kier alpha value is -3.52. The zero-order valence-electron chi connectivity index (χ0n) is 16.6. The number of carbonyl (C=O) groups is 1. The van der Waals surface area contributed by atoms with Crippen LogP contribution >= 0.6 is 0 Å². The van der Waals surface area contributed by atoms with E-state index in [1.165, 1.54) is 31.4 Å². The van der Waals surface area contributed by atoms with Crippen LogP contribution < -0.4 is 19.5 Å². The summed E-state index contributed by atoms with van der Waals surface area (Å²) >= 11 is 0. The average molecular weight is 426 g/mol. The van der Waals surface area contributed by atoms with E-state index in [0.29, 0.717) is 22.9 Å². The zero-order valence-corrected chi connectivity index (χ0v) is 17.4. The van der Waals surface area contributed by atoms with Crippen molar-refractivity contribution in [3.05, 3.63) is 78.4 Å². The van der Waals surface area contributed by atoms with Gasteiger partial charge in [0.05, 0.1) is 12.0 Å². The fourth-order valence-electron chi connectivity index (χ4n) is 2.65. The molecule has 0 unspecified atom stereocenters. The number of benzene rings is 3. The molecule has 0 saturated heterocycles. The molecule has 0 radical (unpaired) electrons. The highest BCUT2D eigenvalue weighted by molar-refractivity contribution is 7.92. The lowest BCUT2D eigenvalue weighted by Crippen LogP contribution is -2.20. The van der Waals surface area contributed by atoms with Crippen LogP contribution in [-0.2, 0) is 14.8 Å². The van der Waals surface area contributed by atoms with Gasteiger partial charge in [0, 0.05) is 11.4 Å². The number of para-hydroxylation sites is 1. The van der Waals surface area contributed by atoms with Crippen LogP contribution in [0.3, 0.4) is 0 Å². The van der Waals surface area contributed by atoms with Crippen LogP contribution in [0.2, 0.25) is 0 Å². The normalized spacial score (nSPS) is 10.9. The second-order valence-corrected chi connectivity index (χ2v) is 8.14. The molecule has 3 aromatic rings. The van der Waals surface area contributed by atoms with Crippen molar-refractivity contribution in [1.82, 2.24) is 0 Å². The van der Waals surface area contributed by atoms with E-state index in [0.717, 1.165) is 5.56 Å². The summed E-state index contributed by atoms with van der Waals surface area (Å²) in [5, 5.41) is 2.68. The Balaban J connectivity index is 1.59. The van der Waals surface area contributed by atoms with Gasteiger partial charge in [-0.25, -0.2) is 8.42 Å². The highest BCUT2D eigenvalue weighted by Crippen LogP contribution is 2.21. The van der Waals surface area contributed by atoms with Gasteiger partial charge in [0.2, 0.25) is 0 Å². The topological polar surface area (TPSA) is 93.7 Å². The molecule has 3 rings (SSSR count). The molecule has 0 aromatic heterocycles. The summed E-state index contributed by atoms with van der Waals surface area (Å²) in [5.74, 6) is 0.924. The molecular weight excluding hydrogens is 404 g/mol. The van der Waals surface area contributed by atoms with Crippen molar-refractivity contribution in [3.63, 3.8) is 0 Å². The molecule has 0 aliphatic heterocycles. The van der Waals surface area contributed by atoms with Gasteiger partial charge in [-0.1, -0.05) is 18.2 Å². The minimum atomic E-state index is -3.76. The van der Waals surface area contributed by atoms with Gasteiger partial charge in [-0.05, 0) is 67.1 Å². The van der Waals surface area contributed by atoms with Crippen molar-refractivity contribution in [2.45, 2.75) is 11.8 Å². The third-order valence-corrected chi connectivity index (χ3v) is 5.64. The van der Waals surface area contributed by atoms with E-state index in [-0.39, 0.29) is 17.4 Å². The average Bonchev–Trinajstić information content (AvgIpc) is 2.74. The van der Waals surface area contributed by atoms with Gasteiger partial charge in [0.25, 0.3) is 15.9 Å². The van der Waals surface area contributed by atoms with Crippen LogP contribution in [0, 0.1) is 6.92 Å². The molecule has 1 amide bonds. The number of anilines is 2. The SMILES string of the molecule is COc1ccc(NS(=O)(=O)c2ccc(NC(=O)COc3ccccc3C)cc2)cc1. The molecule has 0 fully saturated rings. The van der Waals surface area contributed by atoms with Crippen LogP contribution in [0.5, 0.6) is 11.5 Å². The number of nitrogens with one attached hydrogen (secondary N) is 2. The largest absolute Gasteiger partial charge is 0.497 e. The van der Waals surface area contributed by atoms with Crippen molar-refractivity contribution < 1.29 is 22.7 Å². The number of hydrogen-bond donors (Lipinski definition) is 2. The van der Waals surface area contributed by atoms with Crippen molar-refractivity contribution in [2.24, 2.45) is 0 Å². The molecule has 0 heterocycles. The quantitative estimate of drug-likeness (QED) is 0.571. The summed E-state index contributed by atoms with van der Waals surface area (Å²) in [6, 6.07) is 19.8. The predicted molar refractivity (Wildman–Crippen MR) is 116 cm³/mol. The highest BCUT2D eigenvalue weighted by Gasteiger charge is 2.14. The van der Waals surface area contributed by atoms with Gasteiger partial charge in [-0.3, -0.25) is 9.52 Å². The third-order valence-electron chi connectivity index (χ3n) is 4.24. The maximum absolute atomic E-state index is 12.5. The van der Waals surface area contributed by atoms with Crippen LogP contribution in [0.25, 0.3) is 0 Å². The van der Waals surface area contributed by atoms with Gasteiger partial charge in [0.15, 0.2) is 6.61 Å². The number of methoxy groups -OCH3 is 1. The van der Waals surface area contributed by atoms with E-state index in [2.05, 4.69) is 10.0 Å². The molecule has 30 heavy (non-hydrogen) atoms. The van der Waals surface area contributed by atoms with Gasteiger partial charge in [0.1, 0.15) is 11.5 Å². The molecule has 0 aliphatic carbocycles.